The highest BCUT2D eigenvalue weighted by atomic mass is 16.6. The number of carbonyl (C=O) groups is 2. The van der Waals surface area contributed by atoms with Crippen LogP contribution in [0.15, 0.2) is 24.3 Å². The number of esters is 2. The Morgan fingerprint density at radius 2 is 1.74 bits per heavy atom. The molecule has 1 unspecified atom stereocenters. The summed E-state index contributed by atoms with van der Waals surface area (Å²) < 4.78 is 15.1. The Kier molecular flexibility index (Phi) is 5.85. The molecule has 0 aliphatic carbocycles. The molecule has 0 saturated heterocycles. The SMILES string of the molecule is CCOC(=O)C(CC)C(=O)Oc1ccccc1OC. The van der Waals surface area contributed by atoms with Gasteiger partial charge in [-0.1, -0.05) is 19.1 Å². The fourth-order valence-corrected chi connectivity index (χ4v) is 1.56. The number of rotatable bonds is 6. The lowest BCUT2D eigenvalue weighted by molar-refractivity contribution is -0.157. The van der Waals surface area contributed by atoms with Gasteiger partial charge in [0.15, 0.2) is 17.4 Å². The second-order valence-corrected chi connectivity index (χ2v) is 3.78. The van der Waals surface area contributed by atoms with E-state index in [9.17, 15) is 9.59 Å². The van der Waals surface area contributed by atoms with Crippen molar-refractivity contribution in [2.75, 3.05) is 13.7 Å². The Hall–Kier alpha value is -2.04. The highest BCUT2D eigenvalue weighted by Gasteiger charge is 2.28. The lowest BCUT2D eigenvalue weighted by Crippen LogP contribution is -2.29. The van der Waals surface area contributed by atoms with E-state index in [4.69, 9.17) is 14.2 Å². The van der Waals surface area contributed by atoms with Gasteiger partial charge in [-0.05, 0) is 25.5 Å². The van der Waals surface area contributed by atoms with Crippen molar-refractivity contribution in [2.45, 2.75) is 20.3 Å². The van der Waals surface area contributed by atoms with Crippen LogP contribution >= 0.6 is 0 Å². The van der Waals surface area contributed by atoms with Crippen LogP contribution < -0.4 is 9.47 Å². The van der Waals surface area contributed by atoms with Crippen molar-refractivity contribution in [2.24, 2.45) is 5.92 Å². The molecule has 5 nitrogen and oxygen atoms in total. The number of benzene rings is 1. The molecule has 0 fully saturated rings. The second kappa shape index (κ2) is 7.41. The van der Waals surface area contributed by atoms with Gasteiger partial charge in [0, 0.05) is 0 Å². The first-order valence-corrected chi connectivity index (χ1v) is 6.15. The Labute approximate surface area is 112 Å². The van der Waals surface area contributed by atoms with Gasteiger partial charge in [-0.15, -0.1) is 0 Å². The topological polar surface area (TPSA) is 61.8 Å². The molecular weight excluding hydrogens is 248 g/mol. The van der Waals surface area contributed by atoms with Crippen molar-refractivity contribution in [1.82, 2.24) is 0 Å². The van der Waals surface area contributed by atoms with Crippen LogP contribution in [0.2, 0.25) is 0 Å². The maximum Gasteiger partial charge on any atom is 0.325 e. The van der Waals surface area contributed by atoms with Crippen LogP contribution in [0.5, 0.6) is 11.5 Å². The van der Waals surface area contributed by atoms with Gasteiger partial charge in [-0.3, -0.25) is 9.59 Å². The van der Waals surface area contributed by atoms with Gasteiger partial charge in [0.25, 0.3) is 0 Å². The summed E-state index contributed by atoms with van der Waals surface area (Å²) in [5, 5.41) is 0. The monoisotopic (exact) mass is 266 g/mol. The number of carbonyl (C=O) groups excluding carboxylic acids is 2. The van der Waals surface area contributed by atoms with Crippen LogP contribution in [0, 0.1) is 5.92 Å². The number of ether oxygens (including phenoxy) is 3. The summed E-state index contributed by atoms with van der Waals surface area (Å²) >= 11 is 0. The zero-order valence-corrected chi connectivity index (χ0v) is 11.3. The summed E-state index contributed by atoms with van der Waals surface area (Å²) in [5.41, 5.74) is 0. The van der Waals surface area contributed by atoms with E-state index in [2.05, 4.69) is 0 Å². The normalized spacial score (nSPS) is 11.5. The fourth-order valence-electron chi connectivity index (χ4n) is 1.56. The summed E-state index contributed by atoms with van der Waals surface area (Å²) in [7, 11) is 1.48. The lowest BCUT2D eigenvalue weighted by atomic mass is 10.1. The van der Waals surface area contributed by atoms with Gasteiger partial charge in [-0.25, -0.2) is 0 Å². The van der Waals surface area contributed by atoms with Crippen molar-refractivity contribution >= 4 is 11.9 Å². The average molecular weight is 266 g/mol. The van der Waals surface area contributed by atoms with Crippen molar-refractivity contribution in [3.63, 3.8) is 0 Å². The zero-order valence-electron chi connectivity index (χ0n) is 11.3. The molecule has 5 heteroatoms. The van der Waals surface area contributed by atoms with Crippen molar-refractivity contribution < 1.29 is 23.8 Å². The molecule has 0 bridgehead atoms. The number of para-hydroxylation sites is 2. The molecule has 1 aromatic carbocycles. The van der Waals surface area contributed by atoms with Crippen LogP contribution in [0.4, 0.5) is 0 Å². The van der Waals surface area contributed by atoms with Crippen molar-refractivity contribution in [3.8, 4) is 11.5 Å². The quantitative estimate of drug-likeness (QED) is 0.448. The standard InChI is InChI=1S/C14H18O5/c1-4-10(13(15)18-5-2)14(16)19-12-9-7-6-8-11(12)17-3/h6-10H,4-5H2,1-3H3. The molecule has 0 aliphatic heterocycles. The number of methoxy groups -OCH3 is 1. The summed E-state index contributed by atoms with van der Waals surface area (Å²) in [6.45, 7) is 3.65. The van der Waals surface area contributed by atoms with Crippen LogP contribution in [0.1, 0.15) is 20.3 Å². The molecule has 0 heterocycles. The lowest BCUT2D eigenvalue weighted by Gasteiger charge is -2.14. The largest absolute Gasteiger partial charge is 0.493 e. The summed E-state index contributed by atoms with van der Waals surface area (Å²) in [4.78, 5) is 23.6. The minimum absolute atomic E-state index is 0.233. The highest BCUT2D eigenvalue weighted by molar-refractivity contribution is 5.95. The molecular formula is C14H18O5. The van der Waals surface area contributed by atoms with Crippen molar-refractivity contribution in [1.29, 1.82) is 0 Å². The molecule has 1 atom stereocenters. The number of hydrogen-bond donors (Lipinski definition) is 0. The smallest absolute Gasteiger partial charge is 0.325 e. The van der Waals surface area contributed by atoms with Gasteiger partial charge in [-0.2, -0.15) is 0 Å². The molecule has 0 radical (unpaired) electrons. The predicted molar refractivity (Wildman–Crippen MR) is 69.0 cm³/mol. The third-order valence-corrected chi connectivity index (χ3v) is 2.54. The summed E-state index contributed by atoms with van der Waals surface area (Å²) in [6.07, 6.45) is 0.326. The van der Waals surface area contributed by atoms with E-state index >= 15 is 0 Å². The van der Waals surface area contributed by atoms with Gasteiger partial charge < -0.3 is 14.2 Å². The summed E-state index contributed by atoms with van der Waals surface area (Å²) in [5.74, 6) is -1.38. The predicted octanol–water partition coefficient (Wildman–Crippen LogP) is 2.19. The first kappa shape index (κ1) is 15.0. The maximum absolute atomic E-state index is 11.9. The first-order valence-electron chi connectivity index (χ1n) is 6.15. The van der Waals surface area contributed by atoms with E-state index in [1.807, 2.05) is 0 Å². The van der Waals surface area contributed by atoms with Gasteiger partial charge >= 0.3 is 11.9 Å². The minimum Gasteiger partial charge on any atom is -0.493 e. The second-order valence-electron chi connectivity index (χ2n) is 3.78. The van der Waals surface area contributed by atoms with Crippen LogP contribution in [-0.4, -0.2) is 25.7 Å². The molecule has 1 rings (SSSR count). The van der Waals surface area contributed by atoms with E-state index in [0.29, 0.717) is 12.2 Å². The molecule has 0 aromatic heterocycles. The molecule has 0 spiro atoms. The minimum atomic E-state index is -0.912. The van der Waals surface area contributed by atoms with E-state index in [-0.39, 0.29) is 12.4 Å². The highest BCUT2D eigenvalue weighted by Crippen LogP contribution is 2.27. The molecule has 19 heavy (non-hydrogen) atoms. The van der Waals surface area contributed by atoms with Crippen LogP contribution in [0.25, 0.3) is 0 Å². The maximum atomic E-state index is 11.9. The first-order chi connectivity index (χ1) is 9.13. The van der Waals surface area contributed by atoms with Gasteiger partial charge in [0.1, 0.15) is 0 Å². The van der Waals surface area contributed by atoms with E-state index < -0.39 is 17.9 Å². The van der Waals surface area contributed by atoms with Crippen molar-refractivity contribution in [3.05, 3.63) is 24.3 Å². The van der Waals surface area contributed by atoms with Crippen LogP contribution in [-0.2, 0) is 14.3 Å². The molecule has 104 valence electrons. The third kappa shape index (κ3) is 3.98. The van der Waals surface area contributed by atoms with Gasteiger partial charge in [0.2, 0.25) is 0 Å². The Balaban J connectivity index is 2.79. The summed E-state index contributed by atoms with van der Waals surface area (Å²) in [6, 6.07) is 6.76. The molecule has 1 aromatic rings. The number of hydrogen-bond acceptors (Lipinski definition) is 5. The zero-order chi connectivity index (χ0) is 14.3. The average Bonchev–Trinajstić information content (AvgIpc) is 2.40. The Morgan fingerprint density at radius 3 is 2.26 bits per heavy atom. The van der Waals surface area contributed by atoms with E-state index in [0.717, 1.165) is 0 Å². The van der Waals surface area contributed by atoms with Gasteiger partial charge in [0.05, 0.1) is 13.7 Å². The third-order valence-electron chi connectivity index (χ3n) is 2.54. The Morgan fingerprint density at radius 1 is 1.11 bits per heavy atom. The Bertz CT molecular complexity index is 441. The molecule has 0 saturated carbocycles. The van der Waals surface area contributed by atoms with E-state index in [1.165, 1.54) is 7.11 Å². The molecule has 0 aliphatic rings. The fraction of sp³-hybridized carbons (Fsp3) is 0.429. The van der Waals surface area contributed by atoms with Crippen LogP contribution in [0.3, 0.4) is 0 Å². The van der Waals surface area contributed by atoms with E-state index in [1.54, 1.807) is 38.1 Å². The molecule has 0 amide bonds. The molecule has 0 N–H and O–H groups in total.